The molecule has 0 amide bonds. The number of benzene rings is 1. The minimum Gasteiger partial charge on any atom is -0.497 e. The molecule has 102 valence electrons. The zero-order chi connectivity index (χ0) is 13.4. The van der Waals surface area contributed by atoms with Gasteiger partial charge in [-0.05, 0) is 49.5 Å². The largest absolute Gasteiger partial charge is 0.497 e. The molecule has 0 aliphatic rings. The van der Waals surface area contributed by atoms with Crippen LogP contribution < -0.4 is 10.1 Å². The summed E-state index contributed by atoms with van der Waals surface area (Å²) in [7, 11) is 3.77. The lowest BCUT2D eigenvalue weighted by molar-refractivity contribution is 0.303. The van der Waals surface area contributed by atoms with E-state index in [1.165, 1.54) is 18.4 Å². The molecule has 2 heteroatoms. The van der Waals surface area contributed by atoms with Gasteiger partial charge in [-0.3, -0.25) is 0 Å². The van der Waals surface area contributed by atoms with E-state index in [2.05, 4.69) is 37.4 Å². The van der Waals surface area contributed by atoms with Crippen LogP contribution in [0.15, 0.2) is 24.3 Å². The minimum atomic E-state index is 0.706. The van der Waals surface area contributed by atoms with Crippen molar-refractivity contribution in [3.63, 3.8) is 0 Å². The molecule has 1 aromatic carbocycles. The molecule has 18 heavy (non-hydrogen) atoms. The molecule has 1 atom stereocenters. The van der Waals surface area contributed by atoms with E-state index in [0.717, 1.165) is 24.6 Å². The maximum absolute atomic E-state index is 5.29. The molecule has 1 unspecified atom stereocenters. The third-order valence-corrected chi connectivity index (χ3v) is 3.81. The van der Waals surface area contributed by atoms with Crippen LogP contribution in [0.4, 0.5) is 0 Å². The number of hydrogen-bond acceptors (Lipinski definition) is 2. The molecule has 1 rings (SSSR count). The summed E-state index contributed by atoms with van der Waals surface area (Å²) >= 11 is 0. The van der Waals surface area contributed by atoms with Gasteiger partial charge in [0.25, 0.3) is 0 Å². The van der Waals surface area contributed by atoms with Crippen LogP contribution in [0.5, 0.6) is 5.75 Å². The Kier molecular flexibility index (Phi) is 6.81. The third-order valence-electron chi connectivity index (χ3n) is 3.81. The van der Waals surface area contributed by atoms with E-state index in [1.807, 2.05) is 13.1 Å². The van der Waals surface area contributed by atoms with E-state index in [1.54, 1.807) is 7.11 Å². The molecular weight excluding hydrogens is 222 g/mol. The Labute approximate surface area is 112 Å². The second-order valence-electron chi connectivity index (χ2n) is 4.95. The molecule has 2 nitrogen and oxygen atoms in total. The number of hydrogen-bond donors (Lipinski definition) is 1. The van der Waals surface area contributed by atoms with Gasteiger partial charge in [0.1, 0.15) is 5.75 Å². The van der Waals surface area contributed by atoms with Gasteiger partial charge >= 0.3 is 0 Å². The molecule has 0 aliphatic carbocycles. The van der Waals surface area contributed by atoms with Crippen molar-refractivity contribution in [2.24, 2.45) is 11.8 Å². The van der Waals surface area contributed by atoms with Crippen LogP contribution in [0, 0.1) is 11.8 Å². The summed E-state index contributed by atoms with van der Waals surface area (Å²) in [4.78, 5) is 0. The van der Waals surface area contributed by atoms with E-state index >= 15 is 0 Å². The normalized spacial score (nSPS) is 12.7. The second kappa shape index (κ2) is 8.15. The van der Waals surface area contributed by atoms with E-state index < -0.39 is 0 Å². The Morgan fingerprint density at radius 2 is 1.89 bits per heavy atom. The molecule has 0 fully saturated rings. The van der Waals surface area contributed by atoms with E-state index in [4.69, 9.17) is 4.74 Å². The van der Waals surface area contributed by atoms with Gasteiger partial charge in [0.2, 0.25) is 0 Å². The summed E-state index contributed by atoms with van der Waals surface area (Å²) < 4.78 is 5.29. The lowest BCUT2D eigenvalue weighted by Crippen LogP contribution is -2.27. The molecule has 1 aromatic rings. The van der Waals surface area contributed by atoms with Crippen LogP contribution in [-0.4, -0.2) is 20.7 Å². The average molecular weight is 249 g/mol. The summed E-state index contributed by atoms with van der Waals surface area (Å²) in [6, 6.07) is 8.45. The van der Waals surface area contributed by atoms with Gasteiger partial charge in [0, 0.05) is 0 Å². The Morgan fingerprint density at radius 1 is 1.17 bits per heavy atom. The fourth-order valence-electron chi connectivity index (χ4n) is 2.73. The molecule has 0 saturated carbocycles. The standard InChI is InChI=1S/C16H27NO/c1-5-14(6-2)15(12-17-3)10-13-8-7-9-16(11-13)18-4/h7-9,11,14-15,17H,5-6,10,12H2,1-4H3. The third kappa shape index (κ3) is 4.34. The molecule has 0 spiro atoms. The lowest BCUT2D eigenvalue weighted by atomic mass is 9.83. The molecular formula is C16H27NO. The number of methoxy groups -OCH3 is 1. The van der Waals surface area contributed by atoms with Gasteiger partial charge in [-0.2, -0.15) is 0 Å². The van der Waals surface area contributed by atoms with Crippen molar-refractivity contribution in [3.05, 3.63) is 29.8 Å². The average Bonchev–Trinajstić information content (AvgIpc) is 2.40. The monoisotopic (exact) mass is 249 g/mol. The first kappa shape index (κ1) is 15.0. The first-order valence-electron chi connectivity index (χ1n) is 7.02. The van der Waals surface area contributed by atoms with Crippen molar-refractivity contribution in [1.29, 1.82) is 0 Å². The molecule has 0 aliphatic heterocycles. The summed E-state index contributed by atoms with van der Waals surface area (Å²) in [6.07, 6.45) is 3.64. The quantitative estimate of drug-likeness (QED) is 0.761. The molecule has 0 radical (unpaired) electrons. The maximum atomic E-state index is 5.29. The van der Waals surface area contributed by atoms with Gasteiger partial charge in [-0.25, -0.2) is 0 Å². The van der Waals surface area contributed by atoms with Crippen molar-refractivity contribution in [3.8, 4) is 5.75 Å². The first-order chi connectivity index (χ1) is 8.74. The van der Waals surface area contributed by atoms with Crippen LogP contribution in [0.2, 0.25) is 0 Å². The summed E-state index contributed by atoms with van der Waals surface area (Å²) in [6.45, 7) is 5.67. The fourth-order valence-corrected chi connectivity index (χ4v) is 2.73. The molecule has 0 aromatic heterocycles. The zero-order valence-corrected chi connectivity index (χ0v) is 12.2. The van der Waals surface area contributed by atoms with Crippen LogP contribution in [0.1, 0.15) is 32.3 Å². The highest BCUT2D eigenvalue weighted by Gasteiger charge is 2.18. The predicted octanol–water partition coefficient (Wildman–Crippen LogP) is 3.51. The molecule has 0 bridgehead atoms. The van der Waals surface area contributed by atoms with E-state index in [9.17, 15) is 0 Å². The maximum Gasteiger partial charge on any atom is 0.119 e. The summed E-state index contributed by atoms with van der Waals surface area (Å²) in [5, 5.41) is 3.33. The molecule has 1 N–H and O–H groups in total. The zero-order valence-electron chi connectivity index (χ0n) is 12.2. The highest BCUT2D eigenvalue weighted by Crippen LogP contribution is 2.24. The molecule has 0 heterocycles. The highest BCUT2D eigenvalue weighted by atomic mass is 16.5. The van der Waals surface area contributed by atoms with E-state index in [-0.39, 0.29) is 0 Å². The minimum absolute atomic E-state index is 0.706. The topological polar surface area (TPSA) is 21.3 Å². The van der Waals surface area contributed by atoms with Crippen molar-refractivity contribution < 1.29 is 4.74 Å². The van der Waals surface area contributed by atoms with Crippen molar-refractivity contribution >= 4 is 0 Å². The predicted molar refractivity (Wildman–Crippen MR) is 78.2 cm³/mol. The Balaban J connectivity index is 2.75. The van der Waals surface area contributed by atoms with Crippen molar-refractivity contribution in [2.75, 3.05) is 20.7 Å². The van der Waals surface area contributed by atoms with Crippen LogP contribution in [0.25, 0.3) is 0 Å². The van der Waals surface area contributed by atoms with Crippen LogP contribution in [0.3, 0.4) is 0 Å². The smallest absolute Gasteiger partial charge is 0.119 e. The van der Waals surface area contributed by atoms with Crippen LogP contribution >= 0.6 is 0 Å². The summed E-state index contributed by atoms with van der Waals surface area (Å²) in [5.74, 6) is 2.46. The van der Waals surface area contributed by atoms with Crippen molar-refractivity contribution in [1.82, 2.24) is 5.32 Å². The fraction of sp³-hybridized carbons (Fsp3) is 0.625. The Hall–Kier alpha value is -1.02. The Morgan fingerprint density at radius 3 is 2.44 bits per heavy atom. The number of nitrogens with one attached hydrogen (secondary N) is 1. The van der Waals surface area contributed by atoms with Gasteiger partial charge in [0.05, 0.1) is 7.11 Å². The van der Waals surface area contributed by atoms with E-state index in [0.29, 0.717) is 5.92 Å². The molecule has 0 saturated heterocycles. The lowest BCUT2D eigenvalue weighted by Gasteiger charge is -2.25. The van der Waals surface area contributed by atoms with Crippen molar-refractivity contribution in [2.45, 2.75) is 33.1 Å². The van der Waals surface area contributed by atoms with Crippen LogP contribution in [-0.2, 0) is 6.42 Å². The summed E-state index contributed by atoms with van der Waals surface area (Å²) in [5.41, 5.74) is 1.38. The van der Waals surface area contributed by atoms with Gasteiger partial charge in [0.15, 0.2) is 0 Å². The SMILES string of the molecule is CCC(CC)C(CNC)Cc1cccc(OC)c1. The van der Waals surface area contributed by atoms with Gasteiger partial charge in [-0.1, -0.05) is 38.8 Å². The highest BCUT2D eigenvalue weighted by molar-refractivity contribution is 5.28. The van der Waals surface area contributed by atoms with Gasteiger partial charge in [-0.15, -0.1) is 0 Å². The second-order valence-corrected chi connectivity index (χ2v) is 4.95. The van der Waals surface area contributed by atoms with Gasteiger partial charge < -0.3 is 10.1 Å². The Bertz CT molecular complexity index is 334. The number of ether oxygens (including phenoxy) is 1. The number of rotatable bonds is 8. The first-order valence-corrected chi connectivity index (χ1v) is 7.02.